The van der Waals surface area contributed by atoms with Gasteiger partial charge in [-0.1, -0.05) is 17.7 Å². The molecular weight excluding hydrogens is 520 g/mol. The third-order valence-electron chi connectivity index (χ3n) is 6.99. The number of carbonyl (C=O) groups is 2. The zero-order valence-corrected chi connectivity index (χ0v) is 20.8. The fourth-order valence-corrected chi connectivity index (χ4v) is 5.27. The number of amides is 2. The number of aromatic nitrogens is 2. The lowest BCUT2D eigenvalue weighted by Crippen LogP contribution is -2.44. The van der Waals surface area contributed by atoms with Crippen LogP contribution in [0.4, 0.5) is 8.78 Å². The fourth-order valence-electron chi connectivity index (χ4n) is 5.11. The minimum absolute atomic E-state index is 0.0580. The number of carbonyl (C=O) groups excluding carboxylic acids is 2. The summed E-state index contributed by atoms with van der Waals surface area (Å²) in [5, 5.41) is 14.2. The normalized spacial score (nSPS) is 19.1. The Balaban J connectivity index is 1.25. The first-order valence-corrected chi connectivity index (χ1v) is 12.3. The maximum absolute atomic E-state index is 13.6. The SMILES string of the molecule is C[C@@H]1Cc2nn3c(c2CN1C(=O)c1ccc(Cl)c(C#N)c1)C(=O)N(Cc1ccc2c(c1)OC(F)(F)O2)CC3. The third-order valence-corrected chi connectivity index (χ3v) is 7.32. The number of halogens is 3. The summed E-state index contributed by atoms with van der Waals surface area (Å²) in [5.41, 5.74) is 3.03. The number of ether oxygens (including phenoxy) is 2. The molecule has 2 amide bonds. The van der Waals surface area contributed by atoms with Crippen LogP contribution >= 0.6 is 11.6 Å². The molecule has 1 aromatic heterocycles. The Morgan fingerprint density at radius 3 is 2.79 bits per heavy atom. The van der Waals surface area contributed by atoms with Crippen molar-refractivity contribution in [3.63, 3.8) is 0 Å². The van der Waals surface area contributed by atoms with Crippen molar-refractivity contribution in [1.82, 2.24) is 19.6 Å². The number of nitriles is 1. The lowest BCUT2D eigenvalue weighted by Gasteiger charge is -2.34. The van der Waals surface area contributed by atoms with E-state index in [0.717, 1.165) is 5.69 Å². The van der Waals surface area contributed by atoms with Crippen molar-refractivity contribution in [3.05, 3.63) is 75.1 Å². The highest BCUT2D eigenvalue weighted by Crippen LogP contribution is 2.41. The van der Waals surface area contributed by atoms with Crippen LogP contribution in [-0.4, -0.2) is 50.3 Å². The summed E-state index contributed by atoms with van der Waals surface area (Å²) in [4.78, 5) is 30.3. The standard InChI is InChI=1S/C26H20ClF2N5O4/c1-14-8-20-18(13-33(14)24(35)16-3-4-19(27)17(10-16)11-30)23-25(36)32(6-7-34(23)31-20)12-15-2-5-21-22(9-15)38-26(28,29)37-21/h2-5,9-10,14H,6-8,12-13H2,1H3/t14-/m1/s1. The van der Waals surface area contributed by atoms with Gasteiger partial charge in [0.25, 0.3) is 11.8 Å². The Morgan fingerprint density at radius 2 is 2.00 bits per heavy atom. The van der Waals surface area contributed by atoms with E-state index in [2.05, 4.69) is 14.6 Å². The number of benzene rings is 2. The molecule has 0 fully saturated rings. The van der Waals surface area contributed by atoms with Gasteiger partial charge in [0, 0.05) is 36.7 Å². The highest BCUT2D eigenvalue weighted by molar-refractivity contribution is 6.31. The summed E-state index contributed by atoms with van der Waals surface area (Å²) >= 11 is 6.03. The summed E-state index contributed by atoms with van der Waals surface area (Å²) in [5.74, 6) is -0.664. The Kier molecular flexibility index (Phi) is 5.54. The molecule has 0 aliphatic carbocycles. The van der Waals surface area contributed by atoms with Gasteiger partial charge in [-0.05, 0) is 42.8 Å². The van der Waals surface area contributed by atoms with Gasteiger partial charge in [-0.2, -0.15) is 10.4 Å². The van der Waals surface area contributed by atoms with Gasteiger partial charge < -0.3 is 19.3 Å². The van der Waals surface area contributed by atoms with Crippen LogP contribution in [0.15, 0.2) is 36.4 Å². The van der Waals surface area contributed by atoms with Crippen LogP contribution in [0.1, 0.15) is 50.2 Å². The average molecular weight is 540 g/mol. The number of rotatable bonds is 3. The van der Waals surface area contributed by atoms with Gasteiger partial charge in [0.1, 0.15) is 11.8 Å². The molecule has 0 saturated carbocycles. The monoisotopic (exact) mass is 539 g/mol. The second-order valence-electron chi connectivity index (χ2n) is 9.46. The van der Waals surface area contributed by atoms with E-state index in [0.29, 0.717) is 41.9 Å². The van der Waals surface area contributed by atoms with Crippen LogP contribution in [0.3, 0.4) is 0 Å². The second kappa shape index (κ2) is 8.70. The van der Waals surface area contributed by atoms with Crippen LogP contribution in [0.25, 0.3) is 0 Å². The van der Waals surface area contributed by atoms with E-state index >= 15 is 0 Å². The van der Waals surface area contributed by atoms with Gasteiger partial charge in [-0.15, -0.1) is 8.78 Å². The Labute approximate surface area is 220 Å². The number of nitrogens with zero attached hydrogens (tertiary/aromatic N) is 5. The molecule has 3 aliphatic heterocycles. The first-order valence-electron chi connectivity index (χ1n) is 11.9. The molecule has 0 spiro atoms. The number of hydrogen-bond donors (Lipinski definition) is 0. The molecule has 0 unspecified atom stereocenters. The van der Waals surface area contributed by atoms with E-state index < -0.39 is 6.29 Å². The number of fused-ring (bicyclic) bond motifs is 4. The molecule has 4 heterocycles. The lowest BCUT2D eigenvalue weighted by molar-refractivity contribution is -0.286. The predicted molar refractivity (Wildman–Crippen MR) is 129 cm³/mol. The Bertz CT molecular complexity index is 1550. The first kappa shape index (κ1) is 24.2. The largest absolute Gasteiger partial charge is 0.586 e. The number of alkyl halides is 2. The van der Waals surface area contributed by atoms with E-state index in [-0.39, 0.29) is 53.0 Å². The molecule has 0 N–H and O–H groups in total. The molecular formula is C26H20ClF2N5O4. The Hall–Kier alpha value is -4.17. The molecule has 2 aromatic carbocycles. The van der Waals surface area contributed by atoms with Crippen molar-refractivity contribution in [2.45, 2.75) is 45.3 Å². The molecule has 0 bridgehead atoms. The molecule has 194 valence electrons. The first-order chi connectivity index (χ1) is 18.1. The van der Waals surface area contributed by atoms with Crippen LogP contribution in [0.2, 0.25) is 5.02 Å². The fraction of sp³-hybridized carbons (Fsp3) is 0.308. The van der Waals surface area contributed by atoms with Crippen LogP contribution in [0.5, 0.6) is 11.5 Å². The summed E-state index contributed by atoms with van der Waals surface area (Å²) in [6.45, 7) is 3.13. The van der Waals surface area contributed by atoms with Crippen molar-refractivity contribution in [2.24, 2.45) is 0 Å². The van der Waals surface area contributed by atoms with E-state index in [9.17, 15) is 23.6 Å². The minimum atomic E-state index is -3.71. The van der Waals surface area contributed by atoms with Gasteiger partial charge in [0.05, 0.1) is 29.4 Å². The van der Waals surface area contributed by atoms with E-state index in [1.54, 1.807) is 26.6 Å². The van der Waals surface area contributed by atoms with Gasteiger partial charge in [0.15, 0.2) is 11.5 Å². The molecule has 0 radical (unpaired) electrons. The summed E-state index contributed by atoms with van der Waals surface area (Å²) in [6, 6.07) is 10.8. The zero-order valence-electron chi connectivity index (χ0n) is 20.1. The molecule has 3 aromatic rings. The summed E-state index contributed by atoms with van der Waals surface area (Å²) < 4.78 is 37.4. The zero-order chi connectivity index (χ0) is 26.8. The maximum atomic E-state index is 13.6. The van der Waals surface area contributed by atoms with Gasteiger partial charge in [0.2, 0.25) is 0 Å². The summed E-state index contributed by atoms with van der Waals surface area (Å²) in [7, 11) is 0. The van der Waals surface area contributed by atoms with Gasteiger partial charge in [-0.3, -0.25) is 14.3 Å². The van der Waals surface area contributed by atoms with E-state index in [1.807, 2.05) is 13.0 Å². The van der Waals surface area contributed by atoms with Crippen molar-refractivity contribution in [3.8, 4) is 17.6 Å². The van der Waals surface area contributed by atoms with Crippen molar-refractivity contribution < 1.29 is 27.8 Å². The van der Waals surface area contributed by atoms with Crippen LogP contribution in [0, 0.1) is 11.3 Å². The maximum Gasteiger partial charge on any atom is 0.586 e. The summed E-state index contributed by atoms with van der Waals surface area (Å²) in [6.07, 6.45) is -3.24. The minimum Gasteiger partial charge on any atom is -0.395 e. The predicted octanol–water partition coefficient (Wildman–Crippen LogP) is 3.97. The molecule has 3 aliphatic rings. The van der Waals surface area contributed by atoms with Gasteiger partial charge >= 0.3 is 6.29 Å². The molecule has 9 nitrogen and oxygen atoms in total. The topological polar surface area (TPSA) is 101 Å². The quantitative estimate of drug-likeness (QED) is 0.499. The third kappa shape index (κ3) is 4.01. The van der Waals surface area contributed by atoms with Crippen molar-refractivity contribution >= 4 is 23.4 Å². The Morgan fingerprint density at radius 1 is 1.21 bits per heavy atom. The van der Waals surface area contributed by atoms with E-state index in [1.165, 1.54) is 24.3 Å². The van der Waals surface area contributed by atoms with E-state index in [4.69, 9.17) is 11.6 Å². The van der Waals surface area contributed by atoms with Crippen molar-refractivity contribution in [1.29, 1.82) is 5.26 Å². The van der Waals surface area contributed by atoms with Crippen LogP contribution < -0.4 is 9.47 Å². The number of hydrogen-bond acceptors (Lipinski definition) is 6. The molecule has 1 atom stereocenters. The average Bonchev–Trinajstić information content (AvgIpc) is 3.39. The molecule has 0 saturated heterocycles. The highest BCUT2D eigenvalue weighted by atomic mass is 35.5. The smallest absolute Gasteiger partial charge is 0.395 e. The van der Waals surface area contributed by atoms with Crippen LogP contribution in [-0.2, 0) is 26.1 Å². The molecule has 12 heteroatoms. The van der Waals surface area contributed by atoms with Crippen molar-refractivity contribution in [2.75, 3.05) is 6.54 Å². The second-order valence-corrected chi connectivity index (χ2v) is 9.87. The molecule has 6 rings (SSSR count). The van der Waals surface area contributed by atoms with Gasteiger partial charge in [-0.25, -0.2) is 0 Å². The molecule has 38 heavy (non-hydrogen) atoms. The highest BCUT2D eigenvalue weighted by Gasteiger charge is 2.43. The lowest BCUT2D eigenvalue weighted by atomic mass is 9.97.